The maximum Gasteiger partial charge on any atom is 0.270 e. The number of methoxy groups -OCH3 is 2. The summed E-state index contributed by atoms with van der Waals surface area (Å²) in [4.78, 5) is 57.5. The minimum absolute atomic E-state index is 0.0709. The monoisotopic (exact) mass is 698 g/mol. The Morgan fingerprint density at radius 3 is 2.13 bits per heavy atom. The molecule has 3 amide bonds. The van der Waals surface area contributed by atoms with Crippen LogP contribution in [-0.2, 0) is 49.3 Å². The number of carbonyl (C=O) groups is 4. The summed E-state index contributed by atoms with van der Waals surface area (Å²) < 4.78 is 46.1. The Morgan fingerprint density at radius 2 is 1.57 bits per heavy atom. The third-order valence-electron chi connectivity index (χ3n) is 7.29. The van der Waals surface area contributed by atoms with Crippen molar-refractivity contribution in [2.45, 2.75) is 62.1 Å². The normalized spacial score (nSPS) is 17.1. The van der Waals surface area contributed by atoms with Crippen LogP contribution in [0, 0.1) is 6.92 Å². The van der Waals surface area contributed by atoms with Crippen molar-refractivity contribution in [2.24, 2.45) is 0 Å². The van der Waals surface area contributed by atoms with E-state index in [4.69, 9.17) is 18.4 Å². The first-order chi connectivity index (χ1) is 22.3. The first-order valence-corrected chi connectivity index (χ1v) is 17.1. The van der Waals surface area contributed by atoms with Crippen LogP contribution < -0.4 is 16.0 Å². The molecular weight excluding hydrogens is 656 g/mol. The molecule has 0 radical (unpaired) electrons. The summed E-state index contributed by atoms with van der Waals surface area (Å²) in [5.74, 6) is -3.06. The quantitative estimate of drug-likeness (QED) is 0.151. The zero-order valence-electron chi connectivity index (χ0n) is 26.7. The standard InChI is InChI=1S/C30H42N4O11S2/c1-19-31-15-25(46-19)29(38)34-24(17-43-4)28(37)33-23(16-42-3)27(36)32-22(14-20-8-6-5-7-9-20)26(35)30(2,39)18-45-47(40,41)21-10-12-44-13-11-21/h5-9,15,21-24,39H,10-14,16-18H2,1-4H3,(H,32,36)(H,33,37)(H,34,38). The number of ketones is 1. The number of amides is 3. The molecule has 0 spiro atoms. The predicted octanol–water partition coefficient (Wildman–Crippen LogP) is -0.0995. The molecule has 260 valence electrons. The van der Waals surface area contributed by atoms with Gasteiger partial charge in [0.2, 0.25) is 11.8 Å². The molecule has 0 aliphatic carbocycles. The summed E-state index contributed by atoms with van der Waals surface area (Å²) in [6.45, 7) is 1.93. The number of thiazole rings is 1. The second-order valence-corrected chi connectivity index (χ2v) is 14.3. The molecule has 4 N–H and O–H groups in total. The number of aryl methyl sites for hydroxylation is 1. The van der Waals surface area contributed by atoms with Crippen molar-refractivity contribution in [3.05, 3.63) is 52.0 Å². The minimum atomic E-state index is -4.12. The van der Waals surface area contributed by atoms with Gasteiger partial charge in [-0.05, 0) is 38.7 Å². The SMILES string of the molecule is COCC(NC(=O)c1cnc(C)s1)C(=O)NC(COC)C(=O)NC(Cc1ccccc1)C(=O)C(C)(O)COS(=O)(=O)C1CCOCC1. The summed E-state index contributed by atoms with van der Waals surface area (Å²) in [5, 5.41) is 18.6. The van der Waals surface area contributed by atoms with Gasteiger partial charge in [-0.25, -0.2) is 4.98 Å². The number of carbonyl (C=O) groups excluding carboxylic acids is 4. The van der Waals surface area contributed by atoms with Crippen molar-refractivity contribution >= 4 is 45.0 Å². The number of ether oxygens (including phenoxy) is 3. The van der Waals surface area contributed by atoms with Crippen LogP contribution in [0.1, 0.15) is 40.0 Å². The van der Waals surface area contributed by atoms with Crippen LogP contribution in [0.4, 0.5) is 0 Å². The van der Waals surface area contributed by atoms with Gasteiger partial charge < -0.3 is 35.3 Å². The molecule has 17 heteroatoms. The van der Waals surface area contributed by atoms with Gasteiger partial charge in [0.15, 0.2) is 5.78 Å². The summed E-state index contributed by atoms with van der Waals surface area (Å²) in [6, 6.07) is 4.75. The summed E-state index contributed by atoms with van der Waals surface area (Å²) in [7, 11) is -1.47. The van der Waals surface area contributed by atoms with Gasteiger partial charge in [0.25, 0.3) is 16.0 Å². The van der Waals surface area contributed by atoms with E-state index in [1.54, 1.807) is 37.3 Å². The predicted molar refractivity (Wildman–Crippen MR) is 170 cm³/mol. The molecule has 4 atom stereocenters. The molecule has 1 aromatic heterocycles. The zero-order valence-corrected chi connectivity index (χ0v) is 28.4. The molecular formula is C30H42N4O11S2. The van der Waals surface area contributed by atoms with E-state index in [1.165, 1.54) is 20.4 Å². The molecule has 1 aliphatic heterocycles. The second-order valence-electron chi connectivity index (χ2n) is 11.2. The van der Waals surface area contributed by atoms with E-state index >= 15 is 0 Å². The van der Waals surface area contributed by atoms with E-state index < -0.39 is 69.2 Å². The number of aliphatic hydroxyl groups is 1. The van der Waals surface area contributed by atoms with Crippen molar-refractivity contribution in [1.29, 1.82) is 0 Å². The highest BCUT2D eigenvalue weighted by atomic mass is 32.2. The smallest absolute Gasteiger partial charge is 0.270 e. The molecule has 3 rings (SSSR count). The zero-order chi connectivity index (χ0) is 34.6. The van der Waals surface area contributed by atoms with Gasteiger partial charge in [-0.3, -0.25) is 23.4 Å². The second kappa shape index (κ2) is 17.7. The highest BCUT2D eigenvalue weighted by Gasteiger charge is 2.41. The molecule has 47 heavy (non-hydrogen) atoms. The van der Waals surface area contributed by atoms with Crippen molar-refractivity contribution in [2.75, 3.05) is 47.3 Å². The molecule has 2 heterocycles. The molecule has 0 saturated carbocycles. The van der Waals surface area contributed by atoms with Gasteiger partial charge in [-0.2, -0.15) is 8.42 Å². The van der Waals surface area contributed by atoms with Crippen LogP contribution in [0.5, 0.6) is 0 Å². The van der Waals surface area contributed by atoms with E-state index in [2.05, 4.69) is 20.9 Å². The Kier molecular flexibility index (Phi) is 14.4. The lowest BCUT2D eigenvalue weighted by molar-refractivity contribution is -0.143. The molecule has 15 nitrogen and oxygen atoms in total. The van der Waals surface area contributed by atoms with E-state index in [0.717, 1.165) is 18.3 Å². The highest BCUT2D eigenvalue weighted by molar-refractivity contribution is 7.87. The Labute approximate surface area is 277 Å². The third-order valence-corrected chi connectivity index (χ3v) is 9.94. The van der Waals surface area contributed by atoms with Crippen LogP contribution in [0.2, 0.25) is 0 Å². The number of benzene rings is 1. The number of hydrogen-bond acceptors (Lipinski definition) is 13. The minimum Gasteiger partial charge on any atom is -0.382 e. The lowest BCUT2D eigenvalue weighted by atomic mass is 9.91. The Bertz CT molecular complexity index is 1460. The average molecular weight is 699 g/mol. The van der Waals surface area contributed by atoms with Gasteiger partial charge in [-0.1, -0.05) is 30.3 Å². The summed E-state index contributed by atoms with van der Waals surface area (Å²) in [5.41, 5.74) is -1.69. The first kappa shape index (κ1) is 38.1. The van der Waals surface area contributed by atoms with Gasteiger partial charge in [0.1, 0.15) is 29.2 Å². The fraction of sp³-hybridized carbons (Fsp3) is 0.567. The summed E-state index contributed by atoms with van der Waals surface area (Å²) in [6.07, 6.45) is 1.75. The molecule has 1 saturated heterocycles. The van der Waals surface area contributed by atoms with Crippen LogP contribution in [-0.4, -0.2) is 118 Å². The van der Waals surface area contributed by atoms with E-state index in [-0.39, 0.29) is 50.6 Å². The van der Waals surface area contributed by atoms with Crippen LogP contribution in [0.15, 0.2) is 36.5 Å². The van der Waals surface area contributed by atoms with Gasteiger partial charge in [0, 0.05) is 27.4 Å². The van der Waals surface area contributed by atoms with E-state index in [0.29, 0.717) is 10.6 Å². The van der Waals surface area contributed by atoms with Crippen molar-refractivity contribution in [3.8, 4) is 0 Å². The molecule has 4 unspecified atom stereocenters. The number of nitrogens with one attached hydrogen (secondary N) is 3. The lowest BCUT2D eigenvalue weighted by Crippen LogP contribution is -2.60. The maximum atomic E-state index is 13.7. The van der Waals surface area contributed by atoms with Crippen LogP contribution in [0.3, 0.4) is 0 Å². The molecule has 1 fully saturated rings. The van der Waals surface area contributed by atoms with Gasteiger partial charge >= 0.3 is 0 Å². The van der Waals surface area contributed by atoms with Gasteiger partial charge in [-0.15, -0.1) is 11.3 Å². The van der Waals surface area contributed by atoms with Crippen LogP contribution >= 0.6 is 11.3 Å². The number of aromatic nitrogens is 1. The average Bonchev–Trinajstić information content (AvgIpc) is 3.50. The number of nitrogens with zero attached hydrogens (tertiary/aromatic N) is 1. The van der Waals surface area contributed by atoms with Crippen molar-refractivity contribution in [1.82, 2.24) is 20.9 Å². The van der Waals surface area contributed by atoms with Crippen molar-refractivity contribution in [3.63, 3.8) is 0 Å². The third kappa shape index (κ3) is 11.4. The summed E-state index contributed by atoms with van der Waals surface area (Å²) >= 11 is 1.14. The first-order valence-electron chi connectivity index (χ1n) is 14.9. The molecule has 2 aromatic rings. The molecule has 1 aliphatic rings. The van der Waals surface area contributed by atoms with E-state index in [1.807, 2.05) is 0 Å². The maximum absolute atomic E-state index is 13.7. The molecule has 1 aromatic carbocycles. The Hall–Kier alpha value is -3.32. The van der Waals surface area contributed by atoms with E-state index in [9.17, 15) is 32.7 Å². The topological polar surface area (TPSA) is 209 Å². The Balaban J connectivity index is 1.76. The number of Topliss-reactive ketones (excluding diaryl/α,β-unsaturated/α-hetero) is 1. The lowest BCUT2D eigenvalue weighted by Gasteiger charge is -2.30. The largest absolute Gasteiger partial charge is 0.382 e. The number of hydrogen-bond donors (Lipinski definition) is 4. The molecule has 0 bridgehead atoms. The number of rotatable bonds is 18. The van der Waals surface area contributed by atoms with Gasteiger partial charge in [0.05, 0.1) is 35.7 Å². The fourth-order valence-electron chi connectivity index (χ4n) is 4.70. The van der Waals surface area contributed by atoms with Crippen LogP contribution in [0.25, 0.3) is 0 Å². The highest BCUT2D eigenvalue weighted by Crippen LogP contribution is 2.21. The Morgan fingerprint density at radius 1 is 1.00 bits per heavy atom. The van der Waals surface area contributed by atoms with Crippen molar-refractivity contribution < 1.29 is 51.1 Å². The fourth-order valence-corrected chi connectivity index (χ4v) is 6.74.